The van der Waals surface area contributed by atoms with Gasteiger partial charge >= 0.3 is 5.97 Å². The monoisotopic (exact) mass is 333 g/mol. The van der Waals surface area contributed by atoms with Gasteiger partial charge in [0.15, 0.2) is 0 Å². The van der Waals surface area contributed by atoms with Crippen LogP contribution in [0.25, 0.3) is 11.3 Å². The van der Waals surface area contributed by atoms with Crippen LogP contribution in [0.15, 0.2) is 47.5 Å². The molecule has 0 N–H and O–H groups in total. The van der Waals surface area contributed by atoms with Gasteiger partial charge in [-0.15, -0.1) is 6.58 Å². The molecule has 0 aliphatic heterocycles. The Morgan fingerprint density at radius 2 is 2.05 bits per heavy atom. The molecule has 0 amide bonds. The van der Waals surface area contributed by atoms with Crippen LogP contribution < -0.4 is 0 Å². The number of carbonyl (C=O) groups is 1. The molecule has 4 heteroatoms. The molecule has 0 bridgehead atoms. The topological polar surface area (TPSA) is 31.2 Å². The second-order valence-electron chi connectivity index (χ2n) is 4.38. The molecule has 0 saturated heterocycles. The van der Waals surface area contributed by atoms with E-state index in [2.05, 4.69) is 27.1 Å². The number of hydrogen-bond acceptors (Lipinski definition) is 2. The van der Waals surface area contributed by atoms with E-state index in [1.54, 1.807) is 0 Å². The van der Waals surface area contributed by atoms with Crippen LogP contribution in [0, 0.1) is 6.92 Å². The fourth-order valence-electron chi connectivity index (χ4n) is 2.27. The highest BCUT2D eigenvalue weighted by Gasteiger charge is 2.24. The molecule has 0 aliphatic carbocycles. The zero-order chi connectivity index (χ0) is 14.7. The minimum absolute atomic E-state index is 0.339. The van der Waals surface area contributed by atoms with E-state index in [9.17, 15) is 4.79 Å². The first kappa shape index (κ1) is 14.6. The fraction of sp³-hybridized carbons (Fsp3) is 0.188. The maximum absolute atomic E-state index is 12.0. The summed E-state index contributed by atoms with van der Waals surface area (Å²) >= 11 is 3.55. The molecule has 20 heavy (non-hydrogen) atoms. The van der Waals surface area contributed by atoms with Crippen LogP contribution in [0.4, 0.5) is 0 Å². The normalized spacial score (nSPS) is 10.3. The summed E-state index contributed by atoms with van der Waals surface area (Å²) in [4.78, 5) is 12.0. The first-order valence-electron chi connectivity index (χ1n) is 6.25. The van der Waals surface area contributed by atoms with Gasteiger partial charge in [-0.3, -0.25) is 0 Å². The first-order valence-corrected chi connectivity index (χ1v) is 7.04. The lowest BCUT2D eigenvalue weighted by Gasteiger charge is -2.09. The van der Waals surface area contributed by atoms with Gasteiger partial charge in [-0.1, -0.05) is 36.4 Å². The van der Waals surface area contributed by atoms with Crippen molar-refractivity contribution in [2.45, 2.75) is 13.5 Å². The molecule has 0 unspecified atom stereocenters. The van der Waals surface area contributed by atoms with Crippen molar-refractivity contribution in [3.8, 4) is 11.3 Å². The maximum Gasteiger partial charge on any atom is 0.340 e. The summed E-state index contributed by atoms with van der Waals surface area (Å²) in [5, 5.41) is 0. The van der Waals surface area contributed by atoms with Crippen molar-refractivity contribution in [3.05, 3.63) is 58.7 Å². The van der Waals surface area contributed by atoms with E-state index >= 15 is 0 Å². The molecule has 0 aliphatic rings. The molecular weight excluding hydrogens is 318 g/mol. The van der Waals surface area contributed by atoms with Crippen molar-refractivity contribution in [1.82, 2.24) is 4.57 Å². The quantitative estimate of drug-likeness (QED) is 0.620. The first-order chi connectivity index (χ1) is 9.61. The summed E-state index contributed by atoms with van der Waals surface area (Å²) < 4.78 is 7.69. The average Bonchev–Trinajstić information content (AvgIpc) is 2.71. The summed E-state index contributed by atoms with van der Waals surface area (Å²) in [6, 6.07) is 9.94. The van der Waals surface area contributed by atoms with Gasteiger partial charge in [0.05, 0.1) is 22.8 Å². The number of halogens is 1. The van der Waals surface area contributed by atoms with Gasteiger partial charge < -0.3 is 9.30 Å². The standard InChI is InChI=1S/C16H16BrNO2/c1-4-10-18-11(2)13(16(19)20-3)14(17)15(18)12-8-6-5-7-9-12/h4-9H,1,10H2,2-3H3. The van der Waals surface area contributed by atoms with Crippen LogP contribution in [-0.4, -0.2) is 17.6 Å². The Morgan fingerprint density at radius 3 is 2.60 bits per heavy atom. The van der Waals surface area contributed by atoms with Gasteiger partial charge in [-0.2, -0.15) is 0 Å². The molecule has 0 fully saturated rings. The summed E-state index contributed by atoms with van der Waals surface area (Å²) in [6.07, 6.45) is 1.81. The van der Waals surface area contributed by atoms with E-state index in [4.69, 9.17) is 4.74 Å². The second kappa shape index (κ2) is 6.09. The van der Waals surface area contributed by atoms with Crippen LogP contribution in [0.2, 0.25) is 0 Å². The smallest absolute Gasteiger partial charge is 0.340 e. The Morgan fingerprint density at radius 1 is 1.40 bits per heavy atom. The average molecular weight is 334 g/mol. The zero-order valence-electron chi connectivity index (χ0n) is 11.5. The Bertz CT molecular complexity index is 644. The highest BCUT2D eigenvalue weighted by Crippen LogP contribution is 2.36. The van der Waals surface area contributed by atoms with Crippen molar-refractivity contribution < 1.29 is 9.53 Å². The van der Waals surface area contributed by atoms with Crippen molar-refractivity contribution in [2.75, 3.05) is 7.11 Å². The summed E-state index contributed by atoms with van der Waals surface area (Å²) in [7, 11) is 1.39. The largest absolute Gasteiger partial charge is 0.465 e. The summed E-state index contributed by atoms with van der Waals surface area (Å²) in [5.41, 5.74) is 3.43. The summed E-state index contributed by atoms with van der Waals surface area (Å²) in [6.45, 7) is 6.32. The molecule has 0 saturated carbocycles. The number of methoxy groups -OCH3 is 1. The lowest BCUT2D eigenvalue weighted by Crippen LogP contribution is -2.05. The minimum Gasteiger partial charge on any atom is -0.465 e. The predicted octanol–water partition coefficient (Wildman–Crippen LogP) is 4.20. The van der Waals surface area contributed by atoms with E-state index < -0.39 is 0 Å². The van der Waals surface area contributed by atoms with Crippen LogP contribution in [0.3, 0.4) is 0 Å². The fourth-order valence-corrected chi connectivity index (χ4v) is 3.17. The number of aromatic nitrogens is 1. The van der Waals surface area contributed by atoms with Crippen LogP contribution in [-0.2, 0) is 11.3 Å². The van der Waals surface area contributed by atoms with Crippen molar-refractivity contribution in [3.63, 3.8) is 0 Å². The molecule has 0 radical (unpaired) electrons. The molecule has 104 valence electrons. The van der Waals surface area contributed by atoms with Crippen molar-refractivity contribution in [1.29, 1.82) is 0 Å². The third-order valence-corrected chi connectivity index (χ3v) is 3.98. The number of ether oxygens (including phenoxy) is 1. The van der Waals surface area contributed by atoms with E-state index in [1.807, 2.05) is 43.3 Å². The Kier molecular flexibility index (Phi) is 4.45. The van der Waals surface area contributed by atoms with Gasteiger partial charge in [0.2, 0.25) is 0 Å². The second-order valence-corrected chi connectivity index (χ2v) is 5.17. The van der Waals surface area contributed by atoms with Crippen molar-refractivity contribution in [2.24, 2.45) is 0 Å². The molecule has 3 nitrogen and oxygen atoms in total. The van der Waals surface area contributed by atoms with E-state index in [0.717, 1.165) is 21.4 Å². The molecule has 2 aromatic rings. The summed E-state index contributed by atoms with van der Waals surface area (Å²) in [5.74, 6) is -0.339. The van der Waals surface area contributed by atoms with Gasteiger partial charge in [-0.25, -0.2) is 4.79 Å². The molecule has 1 aromatic heterocycles. The van der Waals surface area contributed by atoms with Gasteiger partial charge in [-0.05, 0) is 28.4 Å². The minimum atomic E-state index is -0.339. The van der Waals surface area contributed by atoms with E-state index in [0.29, 0.717) is 12.1 Å². The SMILES string of the molecule is C=CCn1c(C)c(C(=O)OC)c(Br)c1-c1ccccc1. The van der Waals surface area contributed by atoms with Gasteiger partial charge in [0, 0.05) is 12.2 Å². The molecule has 0 spiro atoms. The third-order valence-electron chi connectivity index (χ3n) is 3.21. The number of esters is 1. The third kappa shape index (κ3) is 2.43. The number of hydrogen-bond donors (Lipinski definition) is 0. The lowest BCUT2D eigenvalue weighted by atomic mass is 10.1. The molecule has 1 aromatic carbocycles. The Balaban J connectivity index is 2.72. The number of carbonyl (C=O) groups excluding carboxylic acids is 1. The predicted molar refractivity (Wildman–Crippen MR) is 83.8 cm³/mol. The highest BCUT2D eigenvalue weighted by molar-refractivity contribution is 9.10. The molecule has 0 atom stereocenters. The van der Waals surface area contributed by atoms with Gasteiger partial charge in [0.1, 0.15) is 0 Å². The lowest BCUT2D eigenvalue weighted by molar-refractivity contribution is 0.0599. The van der Waals surface area contributed by atoms with Crippen LogP contribution >= 0.6 is 15.9 Å². The van der Waals surface area contributed by atoms with Crippen LogP contribution in [0.5, 0.6) is 0 Å². The number of benzene rings is 1. The molecule has 2 rings (SSSR count). The van der Waals surface area contributed by atoms with E-state index in [1.165, 1.54) is 7.11 Å². The maximum atomic E-state index is 12.0. The number of rotatable bonds is 4. The Hall–Kier alpha value is -1.81. The van der Waals surface area contributed by atoms with Crippen LogP contribution in [0.1, 0.15) is 16.1 Å². The van der Waals surface area contributed by atoms with E-state index in [-0.39, 0.29) is 5.97 Å². The highest BCUT2D eigenvalue weighted by atomic mass is 79.9. The molecule has 1 heterocycles. The molecular formula is C16H16BrNO2. The Labute approximate surface area is 127 Å². The van der Waals surface area contributed by atoms with Crippen molar-refractivity contribution >= 4 is 21.9 Å². The number of allylic oxidation sites excluding steroid dienone is 1. The van der Waals surface area contributed by atoms with Gasteiger partial charge in [0.25, 0.3) is 0 Å². The number of nitrogens with zero attached hydrogens (tertiary/aromatic N) is 1. The zero-order valence-corrected chi connectivity index (χ0v) is 13.1.